The third-order valence-corrected chi connectivity index (χ3v) is 3.78. The summed E-state index contributed by atoms with van der Waals surface area (Å²) in [6.45, 7) is 3.30. The monoisotopic (exact) mass is 299 g/mol. The maximum Gasteiger partial charge on any atom is 0.317 e. The molecule has 122 valence electrons. The largest absolute Gasteiger partial charge is 0.385 e. The molecule has 6 nitrogen and oxygen atoms in total. The molecule has 1 saturated heterocycles. The average molecular weight is 299 g/mol. The van der Waals surface area contributed by atoms with Gasteiger partial charge in [0.15, 0.2) is 0 Å². The van der Waals surface area contributed by atoms with Crippen LogP contribution in [0.4, 0.5) is 4.79 Å². The van der Waals surface area contributed by atoms with Crippen LogP contribution in [0.15, 0.2) is 0 Å². The standard InChI is InChI=1S/C15H29N3O3/c1-17-10-5-3-4-6-11-18(12-8-14(17)19)15(20)16-9-7-13-21-2/h3-13H2,1-2H3,(H,16,20). The van der Waals surface area contributed by atoms with Gasteiger partial charge in [-0.05, 0) is 19.3 Å². The van der Waals surface area contributed by atoms with Gasteiger partial charge in [0.2, 0.25) is 5.91 Å². The van der Waals surface area contributed by atoms with Gasteiger partial charge in [-0.1, -0.05) is 12.8 Å². The second kappa shape index (κ2) is 10.4. The van der Waals surface area contributed by atoms with Crippen LogP contribution < -0.4 is 5.32 Å². The van der Waals surface area contributed by atoms with Gasteiger partial charge in [-0.25, -0.2) is 4.79 Å². The Morgan fingerprint density at radius 1 is 1.19 bits per heavy atom. The molecule has 0 aliphatic carbocycles. The Morgan fingerprint density at radius 3 is 2.62 bits per heavy atom. The number of ether oxygens (including phenoxy) is 1. The van der Waals surface area contributed by atoms with E-state index in [2.05, 4.69) is 5.32 Å². The van der Waals surface area contributed by atoms with Crippen LogP contribution in [0.3, 0.4) is 0 Å². The van der Waals surface area contributed by atoms with Gasteiger partial charge < -0.3 is 19.9 Å². The summed E-state index contributed by atoms with van der Waals surface area (Å²) in [5.74, 6) is 0.120. The summed E-state index contributed by atoms with van der Waals surface area (Å²) in [4.78, 5) is 27.7. The lowest BCUT2D eigenvalue weighted by Crippen LogP contribution is -2.42. The number of rotatable bonds is 4. The van der Waals surface area contributed by atoms with Crippen molar-refractivity contribution in [2.45, 2.75) is 38.5 Å². The maximum absolute atomic E-state index is 12.1. The van der Waals surface area contributed by atoms with Crippen molar-refractivity contribution < 1.29 is 14.3 Å². The Kier molecular flexibility index (Phi) is 8.82. The fraction of sp³-hybridized carbons (Fsp3) is 0.867. The van der Waals surface area contributed by atoms with Gasteiger partial charge in [-0.3, -0.25) is 4.79 Å². The Hall–Kier alpha value is -1.30. The van der Waals surface area contributed by atoms with Crippen molar-refractivity contribution >= 4 is 11.9 Å². The predicted molar refractivity (Wildman–Crippen MR) is 82.2 cm³/mol. The second-order valence-electron chi connectivity index (χ2n) is 5.54. The fourth-order valence-electron chi connectivity index (χ4n) is 2.39. The fourth-order valence-corrected chi connectivity index (χ4v) is 2.39. The van der Waals surface area contributed by atoms with Crippen LogP contribution in [0.25, 0.3) is 0 Å². The van der Waals surface area contributed by atoms with Crippen molar-refractivity contribution in [3.05, 3.63) is 0 Å². The lowest BCUT2D eigenvalue weighted by Gasteiger charge is -2.23. The highest BCUT2D eigenvalue weighted by atomic mass is 16.5. The van der Waals surface area contributed by atoms with Crippen LogP contribution in [0.1, 0.15) is 38.5 Å². The highest BCUT2D eigenvalue weighted by Crippen LogP contribution is 2.07. The second-order valence-corrected chi connectivity index (χ2v) is 5.54. The summed E-state index contributed by atoms with van der Waals surface area (Å²) in [5.41, 5.74) is 0. The van der Waals surface area contributed by atoms with E-state index in [-0.39, 0.29) is 11.9 Å². The molecule has 0 bridgehead atoms. The predicted octanol–water partition coefficient (Wildman–Crippen LogP) is 1.46. The summed E-state index contributed by atoms with van der Waals surface area (Å²) < 4.78 is 4.96. The molecule has 1 fully saturated rings. The summed E-state index contributed by atoms with van der Waals surface area (Å²) in [5, 5.41) is 2.90. The van der Waals surface area contributed by atoms with E-state index in [0.29, 0.717) is 26.1 Å². The van der Waals surface area contributed by atoms with Gasteiger partial charge in [0.05, 0.1) is 0 Å². The molecule has 0 saturated carbocycles. The number of amides is 3. The van der Waals surface area contributed by atoms with Crippen LogP contribution in [-0.4, -0.2) is 68.7 Å². The highest BCUT2D eigenvalue weighted by molar-refractivity contribution is 5.78. The number of urea groups is 1. The Labute approximate surface area is 127 Å². The number of carbonyl (C=O) groups excluding carboxylic acids is 2. The number of methoxy groups -OCH3 is 1. The molecule has 21 heavy (non-hydrogen) atoms. The van der Waals surface area contributed by atoms with Crippen molar-refractivity contribution in [1.82, 2.24) is 15.1 Å². The lowest BCUT2D eigenvalue weighted by atomic mass is 10.2. The first kappa shape index (κ1) is 17.8. The molecule has 1 aliphatic heterocycles. The summed E-state index contributed by atoms with van der Waals surface area (Å²) in [7, 11) is 3.49. The Bertz CT molecular complexity index is 323. The molecule has 0 spiro atoms. The normalized spacial score (nSPS) is 18.3. The minimum absolute atomic E-state index is 0.0687. The van der Waals surface area contributed by atoms with E-state index in [1.807, 2.05) is 7.05 Å². The van der Waals surface area contributed by atoms with E-state index >= 15 is 0 Å². The zero-order valence-corrected chi connectivity index (χ0v) is 13.4. The van der Waals surface area contributed by atoms with E-state index < -0.39 is 0 Å². The average Bonchev–Trinajstić information content (AvgIpc) is 2.51. The third kappa shape index (κ3) is 7.32. The first-order chi connectivity index (χ1) is 10.1. The van der Waals surface area contributed by atoms with Gasteiger partial charge in [0.25, 0.3) is 0 Å². The zero-order chi connectivity index (χ0) is 15.5. The minimum Gasteiger partial charge on any atom is -0.385 e. The molecule has 1 N–H and O–H groups in total. The van der Waals surface area contributed by atoms with E-state index in [4.69, 9.17) is 4.74 Å². The quantitative estimate of drug-likeness (QED) is 0.799. The van der Waals surface area contributed by atoms with Gasteiger partial charge in [-0.2, -0.15) is 0 Å². The SMILES string of the molecule is COCCCNC(=O)N1CCCCCCN(C)C(=O)CC1. The molecule has 0 radical (unpaired) electrons. The van der Waals surface area contributed by atoms with E-state index in [1.165, 1.54) is 0 Å². The summed E-state index contributed by atoms with van der Waals surface area (Å²) >= 11 is 0. The van der Waals surface area contributed by atoms with Crippen molar-refractivity contribution in [2.24, 2.45) is 0 Å². The van der Waals surface area contributed by atoms with Crippen molar-refractivity contribution in [1.29, 1.82) is 0 Å². The van der Waals surface area contributed by atoms with Crippen LogP contribution in [0, 0.1) is 0 Å². The lowest BCUT2D eigenvalue weighted by molar-refractivity contribution is -0.130. The van der Waals surface area contributed by atoms with Crippen molar-refractivity contribution in [2.75, 3.05) is 46.9 Å². The van der Waals surface area contributed by atoms with Crippen molar-refractivity contribution in [3.63, 3.8) is 0 Å². The molecular formula is C15H29N3O3. The first-order valence-electron chi connectivity index (χ1n) is 7.91. The molecule has 1 aliphatic rings. The van der Waals surface area contributed by atoms with Gasteiger partial charge in [0.1, 0.15) is 0 Å². The molecular weight excluding hydrogens is 270 g/mol. The van der Waals surface area contributed by atoms with E-state index in [1.54, 1.807) is 16.9 Å². The number of carbonyl (C=O) groups is 2. The molecule has 1 rings (SSSR count). The molecule has 1 heterocycles. The number of hydrogen-bond donors (Lipinski definition) is 1. The molecule has 6 heteroatoms. The van der Waals surface area contributed by atoms with Crippen LogP contribution in [0.5, 0.6) is 0 Å². The molecule has 0 aromatic rings. The Morgan fingerprint density at radius 2 is 1.90 bits per heavy atom. The number of nitrogens with zero attached hydrogens (tertiary/aromatic N) is 2. The molecule has 0 aromatic heterocycles. The number of hydrogen-bond acceptors (Lipinski definition) is 3. The van der Waals surface area contributed by atoms with E-state index in [9.17, 15) is 9.59 Å². The number of nitrogens with one attached hydrogen (secondary N) is 1. The van der Waals surface area contributed by atoms with Gasteiger partial charge in [0, 0.05) is 53.4 Å². The summed E-state index contributed by atoms with van der Waals surface area (Å²) in [6, 6.07) is -0.0687. The minimum atomic E-state index is -0.0687. The van der Waals surface area contributed by atoms with Gasteiger partial charge in [-0.15, -0.1) is 0 Å². The van der Waals surface area contributed by atoms with Crippen molar-refractivity contribution in [3.8, 4) is 0 Å². The third-order valence-electron chi connectivity index (χ3n) is 3.78. The zero-order valence-electron chi connectivity index (χ0n) is 13.4. The topological polar surface area (TPSA) is 61.9 Å². The first-order valence-corrected chi connectivity index (χ1v) is 7.91. The highest BCUT2D eigenvalue weighted by Gasteiger charge is 2.17. The molecule has 3 amide bonds. The Balaban J connectivity index is 2.44. The van der Waals surface area contributed by atoms with Crippen LogP contribution >= 0.6 is 0 Å². The maximum atomic E-state index is 12.1. The van der Waals surface area contributed by atoms with Gasteiger partial charge >= 0.3 is 6.03 Å². The molecule has 0 atom stereocenters. The van der Waals surface area contributed by atoms with Crippen LogP contribution in [-0.2, 0) is 9.53 Å². The molecule has 0 aromatic carbocycles. The smallest absolute Gasteiger partial charge is 0.317 e. The summed E-state index contributed by atoms with van der Waals surface area (Å²) in [6.07, 6.45) is 5.48. The molecule has 0 unspecified atom stereocenters. The van der Waals surface area contributed by atoms with Crippen LogP contribution in [0.2, 0.25) is 0 Å². The van der Waals surface area contributed by atoms with E-state index in [0.717, 1.165) is 45.2 Å².